The summed E-state index contributed by atoms with van der Waals surface area (Å²) in [5.41, 5.74) is 4.00. The molecule has 1 aliphatic rings. The molecule has 2 atom stereocenters. The van der Waals surface area contributed by atoms with Gasteiger partial charge >= 0.3 is 5.97 Å². The molecule has 0 radical (unpaired) electrons. The minimum atomic E-state index is -0.854. The van der Waals surface area contributed by atoms with Crippen molar-refractivity contribution in [2.45, 2.75) is 25.3 Å². The third kappa shape index (κ3) is 2.42. The Morgan fingerprint density at radius 3 is 2.67 bits per heavy atom. The van der Waals surface area contributed by atoms with E-state index >= 15 is 0 Å². The van der Waals surface area contributed by atoms with Gasteiger partial charge in [0.15, 0.2) is 0 Å². The number of carboxylic acid groups (broad SMARTS) is 1. The molecule has 6 heteroatoms. The van der Waals surface area contributed by atoms with Crippen LogP contribution in [0.1, 0.15) is 44.9 Å². The van der Waals surface area contributed by atoms with Crippen LogP contribution in [-0.2, 0) is 4.79 Å². The van der Waals surface area contributed by atoms with Gasteiger partial charge in [-0.15, -0.1) is 11.3 Å². The fourth-order valence-corrected chi connectivity index (χ4v) is 3.45. The van der Waals surface area contributed by atoms with Crippen molar-refractivity contribution in [2.24, 2.45) is 0 Å². The van der Waals surface area contributed by atoms with Gasteiger partial charge in [0.2, 0.25) is 0 Å². The number of carbonyl (C=O) groups excluding carboxylic acids is 1. The summed E-state index contributed by atoms with van der Waals surface area (Å²) >= 11 is 1.29. The molecule has 0 saturated heterocycles. The molecule has 0 fully saturated rings. The average Bonchev–Trinajstić information content (AvgIpc) is 3.03. The molecule has 3 rings (SSSR count). The van der Waals surface area contributed by atoms with Crippen molar-refractivity contribution in [2.75, 3.05) is 0 Å². The second-order valence-corrected chi connectivity index (χ2v) is 5.90. The van der Waals surface area contributed by atoms with Crippen LogP contribution in [0.5, 0.6) is 0 Å². The topological polar surface area (TPSA) is 79.3 Å². The van der Waals surface area contributed by atoms with E-state index in [1.807, 2.05) is 24.3 Å². The molecule has 0 saturated carbocycles. The van der Waals surface area contributed by atoms with E-state index in [1.54, 1.807) is 12.4 Å². The minimum absolute atomic E-state index is 0.194. The van der Waals surface area contributed by atoms with E-state index in [-0.39, 0.29) is 11.9 Å². The fraction of sp³-hybridized carbons (Fsp3) is 0.267. The molecule has 1 aromatic heterocycles. The molecular weight excluding hydrogens is 288 g/mol. The van der Waals surface area contributed by atoms with Crippen LogP contribution < -0.4 is 5.32 Å². The number of hydrogen-bond acceptors (Lipinski definition) is 4. The number of aromatic nitrogens is 1. The highest BCUT2D eigenvalue weighted by atomic mass is 32.1. The van der Waals surface area contributed by atoms with Crippen molar-refractivity contribution in [1.82, 2.24) is 10.3 Å². The predicted molar refractivity (Wildman–Crippen MR) is 78.5 cm³/mol. The Morgan fingerprint density at radius 1 is 1.33 bits per heavy atom. The molecule has 0 spiro atoms. The van der Waals surface area contributed by atoms with Gasteiger partial charge < -0.3 is 10.4 Å². The van der Waals surface area contributed by atoms with Crippen LogP contribution in [-0.4, -0.2) is 22.0 Å². The first-order valence-corrected chi connectivity index (χ1v) is 7.48. The zero-order chi connectivity index (χ0) is 15.0. The van der Waals surface area contributed by atoms with E-state index in [2.05, 4.69) is 10.3 Å². The third-order valence-corrected chi connectivity index (χ3v) is 4.70. The van der Waals surface area contributed by atoms with Gasteiger partial charge in [0.25, 0.3) is 5.91 Å². The van der Waals surface area contributed by atoms with Gasteiger partial charge in [-0.25, -0.2) is 4.98 Å². The molecule has 5 nitrogen and oxygen atoms in total. The van der Waals surface area contributed by atoms with Crippen molar-refractivity contribution < 1.29 is 14.7 Å². The van der Waals surface area contributed by atoms with Gasteiger partial charge in [-0.1, -0.05) is 24.3 Å². The Labute approximate surface area is 125 Å². The summed E-state index contributed by atoms with van der Waals surface area (Å²) in [5.74, 6) is -1.61. The number of aliphatic carboxylic acids is 1. The number of fused-ring (bicyclic) bond motifs is 1. The molecule has 2 aromatic rings. The summed E-state index contributed by atoms with van der Waals surface area (Å²) in [6.07, 6.45) is 0.387. The summed E-state index contributed by atoms with van der Waals surface area (Å²) in [6.45, 7) is 1.79. The van der Waals surface area contributed by atoms with Gasteiger partial charge in [-0.3, -0.25) is 9.59 Å². The van der Waals surface area contributed by atoms with Crippen LogP contribution in [0.15, 0.2) is 29.8 Å². The van der Waals surface area contributed by atoms with E-state index in [0.717, 1.165) is 11.1 Å². The summed E-state index contributed by atoms with van der Waals surface area (Å²) < 4.78 is 0. The second kappa shape index (κ2) is 5.29. The van der Waals surface area contributed by atoms with Crippen LogP contribution >= 0.6 is 11.3 Å². The Kier molecular flexibility index (Phi) is 3.47. The first kappa shape index (κ1) is 13.8. The summed E-state index contributed by atoms with van der Waals surface area (Å²) in [4.78, 5) is 28.3. The van der Waals surface area contributed by atoms with E-state index < -0.39 is 11.9 Å². The van der Waals surface area contributed by atoms with E-state index in [1.165, 1.54) is 11.3 Å². The maximum atomic E-state index is 12.3. The maximum Gasteiger partial charge on any atom is 0.311 e. The van der Waals surface area contributed by atoms with Crippen molar-refractivity contribution in [3.8, 4) is 0 Å². The zero-order valence-electron chi connectivity index (χ0n) is 11.4. The molecular formula is C15H14N2O3S. The van der Waals surface area contributed by atoms with Gasteiger partial charge in [-0.05, 0) is 24.5 Å². The lowest BCUT2D eigenvalue weighted by Gasteiger charge is -2.13. The van der Waals surface area contributed by atoms with Crippen molar-refractivity contribution >= 4 is 23.2 Å². The Bertz CT molecular complexity index is 710. The molecule has 1 aromatic carbocycles. The molecule has 2 unspecified atom stereocenters. The lowest BCUT2D eigenvalue weighted by Crippen LogP contribution is -2.27. The number of thiazole rings is 1. The standard InChI is InChI=1S/C15H14N2O3S/c1-8-13(21-7-16-8)14(18)17-12-6-11(15(19)20)9-4-2-3-5-10(9)12/h2-5,7,11-12H,6H2,1H3,(H,17,18)(H,19,20). The lowest BCUT2D eigenvalue weighted by atomic mass is 10.0. The molecule has 108 valence electrons. The monoisotopic (exact) mass is 302 g/mol. The number of hydrogen-bond donors (Lipinski definition) is 2. The zero-order valence-corrected chi connectivity index (χ0v) is 12.2. The first-order chi connectivity index (χ1) is 10.1. The molecule has 0 bridgehead atoms. The number of nitrogens with one attached hydrogen (secondary N) is 1. The van der Waals surface area contributed by atoms with Crippen LogP contribution in [0.2, 0.25) is 0 Å². The third-order valence-electron chi connectivity index (χ3n) is 3.77. The number of carboxylic acids is 1. The van der Waals surface area contributed by atoms with Crippen LogP contribution in [0, 0.1) is 6.92 Å². The largest absolute Gasteiger partial charge is 0.481 e. The average molecular weight is 302 g/mol. The van der Waals surface area contributed by atoms with E-state index in [4.69, 9.17) is 0 Å². The molecule has 1 heterocycles. The quantitative estimate of drug-likeness (QED) is 0.913. The van der Waals surface area contributed by atoms with Crippen LogP contribution in [0.4, 0.5) is 0 Å². The van der Waals surface area contributed by atoms with Crippen molar-refractivity contribution in [3.63, 3.8) is 0 Å². The van der Waals surface area contributed by atoms with Gasteiger partial charge in [0.1, 0.15) is 4.88 Å². The number of nitrogens with zero attached hydrogens (tertiary/aromatic N) is 1. The first-order valence-electron chi connectivity index (χ1n) is 6.60. The number of aryl methyl sites for hydroxylation is 1. The van der Waals surface area contributed by atoms with E-state index in [9.17, 15) is 14.7 Å². The second-order valence-electron chi connectivity index (χ2n) is 5.05. The molecule has 1 aliphatic carbocycles. The highest BCUT2D eigenvalue weighted by molar-refractivity contribution is 7.11. The Morgan fingerprint density at radius 2 is 2.05 bits per heavy atom. The Balaban J connectivity index is 1.86. The number of amides is 1. The summed E-state index contributed by atoms with van der Waals surface area (Å²) in [6, 6.07) is 7.12. The van der Waals surface area contributed by atoms with Gasteiger partial charge in [0.05, 0.1) is 23.2 Å². The molecule has 1 amide bonds. The molecule has 0 aliphatic heterocycles. The van der Waals surface area contributed by atoms with Gasteiger partial charge in [-0.2, -0.15) is 0 Å². The van der Waals surface area contributed by atoms with Crippen molar-refractivity contribution in [1.29, 1.82) is 0 Å². The summed E-state index contributed by atoms with van der Waals surface area (Å²) in [5, 5.41) is 12.3. The smallest absolute Gasteiger partial charge is 0.311 e. The van der Waals surface area contributed by atoms with E-state index in [0.29, 0.717) is 17.0 Å². The van der Waals surface area contributed by atoms with Crippen LogP contribution in [0.3, 0.4) is 0 Å². The lowest BCUT2D eigenvalue weighted by molar-refractivity contribution is -0.138. The molecule has 2 N–H and O–H groups in total. The highest BCUT2D eigenvalue weighted by Gasteiger charge is 2.36. The minimum Gasteiger partial charge on any atom is -0.481 e. The normalized spacial score (nSPS) is 20.0. The number of rotatable bonds is 3. The SMILES string of the molecule is Cc1ncsc1C(=O)NC1CC(C(=O)O)c2ccccc21. The number of carbonyl (C=O) groups is 2. The number of benzene rings is 1. The Hall–Kier alpha value is -2.21. The fourth-order valence-electron chi connectivity index (χ4n) is 2.75. The molecule has 21 heavy (non-hydrogen) atoms. The maximum absolute atomic E-state index is 12.3. The predicted octanol–water partition coefficient (Wildman–Crippen LogP) is 2.49. The van der Waals surface area contributed by atoms with Gasteiger partial charge in [0, 0.05) is 0 Å². The van der Waals surface area contributed by atoms with Crippen LogP contribution in [0.25, 0.3) is 0 Å². The van der Waals surface area contributed by atoms with Crippen molar-refractivity contribution in [3.05, 3.63) is 51.5 Å². The highest BCUT2D eigenvalue weighted by Crippen LogP contribution is 2.40. The summed E-state index contributed by atoms with van der Waals surface area (Å²) in [7, 11) is 0.